The van der Waals surface area contributed by atoms with Crippen molar-refractivity contribution in [3.8, 4) is 0 Å². The Morgan fingerprint density at radius 2 is 2.29 bits per heavy atom. The van der Waals surface area contributed by atoms with Crippen LogP contribution in [0.15, 0.2) is 28.1 Å². The third-order valence-corrected chi connectivity index (χ3v) is 4.85. The van der Waals surface area contributed by atoms with E-state index in [2.05, 4.69) is 51.1 Å². The van der Waals surface area contributed by atoms with Gasteiger partial charge in [-0.2, -0.15) is 0 Å². The summed E-state index contributed by atoms with van der Waals surface area (Å²) in [5.74, 6) is 0. The summed E-state index contributed by atoms with van der Waals surface area (Å²) >= 11 is 5.39. The van der Waals surface area contributed by atoms with Gasteiger partial charge >= 0.3 is 0 Å². The smallest absolute Gasteiger partial charge is 0.0479 e. The van der Waals surface area contributed by atoms with Crippen LogP contribution in [0.1, 0.15) is 24.3 Å². The maximum Gasteiger partial charge on any atom is 0.0479 e. The molecular formula is C13H19BrN2S. The van der Waals surface area contributed by atoms with Crippen molar-refractivity contribution in [1.82, 2.24) is 10.2 Å². The number of rotatable bonds is 4. The lowest BCUT2D eigenvalue weighted by atomic mass is 10.0. The number of thiophene rings is 1. The maximum atomic E-state index is 4.07. The van der Waals surface area contributed by atoms with Crippen LogP contribution in [0.2, 0.25) is 0 Å². The molecule has 1 fully saturated rings. The first kappa shape index (κ1) is 13.3. The highest BCUT2D eigenvalue weighted by Gasteiger charge is 2.23. The quantitative estimate of drug-likeness (QED) is 0.857. The van der Waals surface area contributed by atoms with Crippen molar-refractivity contribution >= 4 is 27.3 Å². The molecule has 2 nitrogen and oxygen atoms in total. The summed E-state index contributed by atoms with van der Waals surface area (Å²) in [5.41, 5.74) is 1.26. The first-order chi connectivity index (χ1) is 8.16. The second kappa shape index (κ2) is 6.14. The lowest BCUT2D eigenvalue weighted by Gasteiger charge is -2.34. The molecule has 4 heteroatoms. The molecule has 0 spiro atoms. The van der Waals surface area contributed by atoms with E-state index in [1.807, 2.05) is 11.3 Å². The Morgan fingerprint density at radius 1 is 1.59 bits per heavy atom. The molecular weight excluding hydrogens is 296 g/mol. The zero-order valence-corrected chi connectivity index (χ0v) is 12.6. The van der Waals surface area contributed by atoms with Gasteiger partial charge in [-0.1, -0.05) is 5.57 Å². The van der Waals surface area contributed by atoms with Crippen LogP contribution in [-0.2, 0) is 0 Å². The van der Waals surface area contributed by atoms with E-state index in [-0.39, 0.29) is 0 Å². The summed E-state index contributed by atoms with van der Waals surface area (Å²) in [6.07, 6.45) is 1.06. The second-order valence-corrected chi connectivity index (χ2v) is 6.49. The topological polar surface area (TPSA) is 15.3 Å². The summed E-state index contributed by atoms with van der Waals surface area (Å²) in [4.78, 5) is 4.02. The fourth-order valence-corrected chi connectivity index (χ4v) is 3.82. The summed E-state index contributed by atoms with van der Waals surface area (Å²) in [5, 5.41) is 5.58. The van der Waals surface area contributed by atoms with Crippen molar-refractivity contribution in [3.63, 3.8) is 0 Å². The van der Waals surface area contributed by atoms with Crippen LogP contribution in [0.3, 0.4) is 0 Å². The number of nitrogens with zero attached hydrogens (tertiary/aromatic N) is 1. The summed E-state index contributed by atoms with van der Waals surface area (Å²) in [6.45, 7) is 10.7. The minimum atomic E-state index is 0.505. The number of nitrogens with one attached hydrogen (secondary N) is 1. The minimum Gasteiger partial charge on any atom is -0.314 e. The number of halogens is 1. The maximum absolute atomic E-state index is 4.07. The van der Waals surface area contributed by atoms with Crippen molar-refractivity contribution in [2.75, 3.05) is 26.2 Å². The standard InChI is InChI=1S/C13H19BrN2S/c1-10(2)7-12(13-8-11(14)9-17-13)16-5-3-15-4-6-16/h8-9,12,15H,1,3-7H2,2H3/t12-/m1/s1. The molecule has 0 unspecified atom stereocenters. The Hall–Kier alpha value is -0.160. The van der Waals surface area contributed by atoms with Gasteiger partial charge in [0, 0.05) is 47.0 Å². The van der Waals surface area contributed by atoms with Crippen molar-refractivity contribution < 1.29 is 0 Å². The predicted molar refractivity (Wildman–Crippen MR) is 78.6 cm³/mol. The van der Waals surface area contributed by atoms with Gasteiger partial charge in [-0.3, -0.25) is 4.90 Å². The van der Waals surface area contributed by atoms with E-state index in [0.717, 1.165) is 32.6 Å². The number of hydrogen-bond acceptors (Lipinski definition) is 3. The first-order valence-electron chi connectivity index (χ1n) is 6.00. The van der Waals surface area contributed by atoms with Crippen LogP contribution in [0, 0.1) is 0 Å². The van der Waals surface area contributed by atoms with E-state index in [1.54, 1.807) is 0 Å². The molecule has 2 rings (SSSR count). The van der Waals surface area contributed by atoms with Crippen LogP contribution in [0.25, 0.3) is 0 Å². The van der Waals surface area contributed by atoms with Crippen LogP contribution in [-0.4, -0.2) is 31.1 Å². The van der Waals surface area contributed by atoms with Crippen LogP contribution in [0.4, 0.5) is 0 Å². The SMILES string of the molecule is C=C(C)C[C@H](c1cc(Br)cs1)N1CCNCC1. The normalized spacial score (nSPS) is 19.2. The molecule has 0 aromatic carbocycles. The van der Waals surface area contributed by atoms with E-state index in [9.17, 15) is 0 Å². The molecule has 94 valence electrons. The molecule has 1 aliphatic heterocycles. The van der Waals surface area contributed by atoms with E-state index >= 15 is 0 Å². The molecule has 2 heterocycles. The molecule has 1 atom stereocenters. The minimum absolute atomic E-state index is 0.505. The lowest BCUT2D eigenvalue weighted by molar-refractivity contribution is 0.175. The fraction of sp³-hybridized carbons (Fsp3) is 0.538. The van der Waals surface area contributed by atoms with Crippen molar-refractivity contribution in [2.24, 2.45) is 0 Å². The largest absolute Gasteiger partial charge is 0.314 e. The van der Waals surface area contributed by atoms with Gasteiger partial charge in [-0.15, -0.1) is 17.9 Å². The van der Waals surface area contributed by atoms with Crippen LogP contribution in [0.5, 0.6) is 0 Å². The molecule has 0 saturated carbocycles. The monoisotopic (exact) mass is 314 g/mol. The van der Waals surface area contributed by atoms with Crippen molar-refractivity contribution in [1.29, 1.82) is 0 Å². The van der Waals surface area contributed by atoms with Gasteiger partial charge in [0.2, 0.25) is 0 Å². The first-order valence-corrected chi connectivity index (χ1v) is 7.67. The molecule has 1 aromatic rings. The number of piperazine rings is 1. The van der Waals surface area contributed by atoms with Crippen LogP contribution < -0.4 is 5.32 Å². The Morgan fingerprint density at radius 3 is 2.82 bits per heavy atom. The van der Waals surface area contributed by atoms with E-state index in [4.69, 9.17) is 0 Å². The highest BCUT2D eigenvalue weighted by Crippen LogP contribution is 2.33. The van der Waals surface area contributed by atoms with Gasteiger partial charge in [0.05, 0.1) is 0 Å². The third-order valence-electron chi connectivity index (χ3n) is 3.05. The Bertz CT molecular complexity index is 383. The van der Waals surface area contributed by atoms with Crippen LogP contribution >= 0.6 is 27.3 Å². The average Bonchev–Trinajstić information content (AvgIpc) is 2.73. The number of hydrogen-bond donors (Lipinski definition) is 1. The summed E-state index contributed by atoms with van der Waals surface area (Å²) < 4.78 is 1.19. The predicted octanol–water partition coefficient (Wildman–Crippen LogP) is 3.42. The van der Waals surface area contributed by atoms with E-state index in [1.165, 1.54) is 14.9 Å². The molecule has 1 N–H and O–H groups in total. The van der Waals surface area contributed by atoms with Gasteiger partial charge in [-0.25, -0.2) is 0 Å². The zero-order valence-electron chi connectivity index (χ0n) is 10.2. The van der Waals surface area contributed by atoms with E-state index < -0.39 is 0 Å². The van der Waals surface area contributed by atoms with Gasteiger partial charge in [0.1, 0.15) is 0 Å². The van der Waals surface area contributed by atoms with Gasteiger partial charge < -0.3 is 5.32 Å². The molecule has 1 aliphatic rings. The lowest BCUT2D eigenvalue weighted by Crippen LogP contribution is -2.45. The Balaban J connectivity index is 2.14. The molecule has 0 radical (unpaired) electrons. The van der Waals surface area contributed by atoms with Gasteiger partial charge in [-0.05, 0) is 35.3 Å². The van der Waals surface area contributed by atoms with Crippen molar-refractivity contribution in [2.45, 2.75) is 19.4 Å². The Labute approximate surface area is 116 Å². The van der Waals surface area contributed by atoms with Crippen molar-refractivity contribution in [3.05, 3.63) is 32.9 Å². The second-order valence-electron chi connectivity index (χ2n) is 4.63. The zero-order chi connectivity index (χ0) is 12.3. The third kappa shape index (κ3) is 3.65. The summed E-state index contributed by atoms with van der Waals surface area (Å²) in [6, 6.07) is 2.76. The van der Waals surface area contributed by atoms with E-state index in [0.29, 0.717) is 6.04 Å². The molecule has 1 saturated heterocycles. The Kier molecular flexibility index (Phi) is 4.79. The molecule has 0 amide bonds. The van der Waals surface area contributed by atoms with Gasteiger partial charge in [0.15, 0.2) is 0 Å². The van der Waals surface area contributed by atoms with Gasteiger partial charge in [0.25, 0.3) is 0 Å². The summed E-state index contributed by atoms with van der Waals surface area (Å²) in [7, 11) is 0. The highest BCUT2D eigenvalue weighted by atomic mass is 79.9. The molecule has 0 aliphatic carbocycles. The average molecular weight is 315 g/mol. The molecule has 0 bridgehead atoms. The molecule has 1 aromatic heterocycles. The molecule has 17 heavy (non-hydrogen) atoms. The highest BCUT2D eigenvalue weighted by molar-refractivity contribution is 9.10. The fourth-order valence-electron chi connectivity index (χ4n) is 2.24.